The third kappa shape index (κ3) is 2.20. The van der Waals surface area contributed by atoms with Gasteiger partial charge in [-0.15, -0.1) is 0 Å². The Kier molecular flexibility index (Phi) is 3.05. The van der Waals surface area contributed by atoms with E-state index in [-0.39, 0.29) is 6.10 Å². The van der Waals surface area contributed by atoms with Crippen LogP contribution >= 0.6 is 0 Å². The molecule has 0 fully saturated rings. The lowest BCUT2D eigenvalue weighted by Crippen LogP contribution is -2.10. The first-order chi connectivity index (χ1) is 5.74. The fraction of sp³-hybridized carbons (Fsp3) is 0.444. The molecule has 0 amide bonds. The van der Waals surface area contributed by atoms with Crippen LogP contribution in [0, 0.1) is 0 Å². The molecule has 0 saturated carbocycles. The van der Waals surface area contributed by atoms with Gasteiger partial charge in [0, 0.05) is 12.6 Å². The van der Waals surface area contributed by atoms with E-state index < -0.39 is 0 Å². The second-order valence-corrected chi connectivity index (χ2v) is 2.81. The summed E-state index contributed by atoms with van der Waals surface area (Å²) in [7, 11) is 0. The molecule has 0 spiro atoms. The number of nitrogen functional groups attached to an aromatic ring is 1. The van der Waals surface area contributed by atoms with Gasteiger partial charge < -0.3 is 10.8 Å². The van der Waals surface area contributed by atoms with Crippen LogP contribution in [-0.2, 0) is 6.42 Å². The number of nitrogens with zero attached hydrogens (tertiary/aromatic N) is 1. The molecule has 0 saturated heterocycles. The van der Waals surface area contributed by atoms with Crippen LogP contribution in [0.5, 0.6) is 0 Å². The van der Waals surface area contributed by atoms with Crippen LogP contribution in [0.25, 0.3) is 0 Å². The molecule has 0 bridgehead atoms. The van der Waals surface area contributed by atoms with Gasteiger partial charge in [0.2, 0.25) is 0 Å². The number of pyridine rings is 1. The smallest absolute Gasteiger partial charge is 0.126 e. The summed E-state index contributed by atoms with van der Waals surface area (Å²) in [6, 6.07) is 3.72. The topological polar surface area (TPSA) is 59.1 Å². The molecule has 1 heterocycles. The summed E-state index contributed by atoms with van der Waals surface area (Å²) in [4.78, 5) is 3.93. The molecule has 3 heteroatoms. The van der Waals surface area contributed by atoms with Gasteiger partial charge in [0.25, 0.3) is 0 Å². The minimum absolute atomic E-state index is 0.309. The lowest BCUT2D eigenvalue weighted by molar-refractivity contribution is 0.171. The van der Waals surface area contributed by atoms with E-state index in [2.05, 4.69) is 4.98 Å². The first-order valence-electron chi connectivity index (χ1n) is 4.11. The molecule has 3 N–H and O–H groups in total. The van der Waals surface area contributed by atoms with Crippen molar-refractivity contribution >= 4 is 5.82 Å². The number of hydrogen-bond donors (Lipinski definition) is 2. The van der Waals surface area contributed by atoms with Crippen molar-refractivity contribution in [2.24, 2.45) is 0 Å². The Labute approximate surface area is 72.2 Å². The van der Waals surface area contributed by atoms with Gasteiger partial charge in [0.05, 0.1) is 6.10 Å². The number of rotatable bonds is 3. The van der Waals surface area contributed by atoms with E-state index in [1.54, 1.807) is 6.20 Å². The average Bonchev–Trinajstić information content (AvgIpc) is 2.09. The second kappa shape index (κ2) is 4.07. The maximum absolute atomic E-state index is 9.35. The number of anilines is 1. The monoisotopic (exact) mass is 166 g/mol. The number of nitrogens with two attached hydrogens (primary N) is 1. The van der Waals surface area contributed by atoms with Gasteiger partial charge >= 0.3 is 0 Å². The highest BCUT2D eigenvalue weighted by Crippen LogP contribution is 2.10. The van der Waals surface area contributed by atoms with E-state index in [1.807, 2.05) is 19.1 Å². The summed E-state index contributed by atoms with van der Waals surface area (Å²) in [5.74, 6) is 0.519. The van der Waals surface area contributed by atoms with Crippen LogP contribution in [0.2, 0.25) is 0 Å². The van der Waals surface area contributed by atoms with Crippen LogP contribution in [0.15, 0.2) is 18.3 Å². The standard InChI is InChI=1S/C9H14N2O/c1-2-8(12)6-7-4-3-5-11-9(7)10/h3-5,8,12H,2,6H2,1H3,(H2,10,11). The Morgan fingerprint density at radius 3 is 3.00 bits per heavy atom. The van der Waals surface area contributed by atoms with Crippen LogP contribution in [0.1, 0.15) is 18.9 Å². The molecule has 0 aromatic carbocycles. The fourth-order valence-corrected chi connectivity index (χ4v) is 1.02. The molecule has 0 aliphatic carbocycles. The maximum Gasteiger partial charge on any atom is 0.126 e. The van der Waals surface area contributed by atoms with Gasteiger partial charge in [-0.05, 0) is 18.1 Å². The Bertz CT molecular complexity index is 250. The molecular formula is C9H14N2O. The summed E-state index contributed by atoms with van der Waals surface area (Å²) >= 11 is 0. The first-order valence-corrected chi connectivity index (χ1v) is 4.11. The molecule has 66 valence electrons. The predicted octanol–water partition coefficient (Wildman–Crippen LogP) is 0.977. The molecule has 0 aliphatic rings. The summed E-state index contributed by atoms with van der Waals surface area (Å²) in [6.07, 6.45) is 2.68. The molecule has 12 heavy (non-hydrogen) atoms. The van der Waals surface area contributed by atoms with Crippen LogP contribution in [-0.4, -0.2) is 16.2 Å². The van der Waals surface area contributed by atoms with E-state index in [9.17, 15) is 5.11 Å². The zero-order valence-electron chi connectivity index (χ0n) is 7.20. The van der Waals surface area contributed by atoms with Crippen molar-refractivity contribution < 1.29 is 5.11 Å². The van der Waals surface area contributed by atoms with Gasteiger partial charge in [-0.3, -0.25) is 0 Å². The predicted molar refractivity (Wildman–Crippen MR) is 48.7 cm³/mol. The van der Waals surface area contributed by atoms with E-state index >= 15 is 0 Å². The second-order valence-electron chi connectivity index (χ2n) is 2.81. The lowest BCUT2D eigenvalue weighted by atomic mass is 10.1. The van der Waals surface area contributed by atoms with Crippen LogP contribution in [0.4, 0.5) is 5.82 Å². The van der Waals surface area contributed by atoms with E-state index in [0.717, 1.165) is 12.0 Å². The largest absolute Gasteiger partial charge is 0.393 e. The van der Waals surface area contributed by atoms with E-state index in [4.69, 9.17) is 5.73 Å². The zero-order valence-corrected chi connectivity index (χ0v) is 7.20. The van der Waals surface area contributed by atoms with E-state index in [0.29, 0.717) is 12.2 Å². The molecule has 1 aromatic rings. The summed E-state index contributed by atoms with van der Waals surface area (Å²) in [6.45, 7) is 1.94. The molecular weight excluding hydrogens is 152 g/mol. The Morgan fingerprint density at radius 2 is 2.42 bits per heavy atom. The quantitative estimate of drug-likeness (QED) is 0.703. The van der Waals surface area contributed by atoms with Crippen LogP contribution < -0.4 is 5.73 Å². The highest BCUT2D eigenvalue weighted by atomic mass is 16.3. The minimum atomic E-state index is -0.309. The van der Waals surface area contributed by atoms with Crippen molar-refractivity contribution in [3.8, 4) is 0 Å². The molecule has 1 atom stereocenters. The maximum atomic E-state index is 9.35. The molecule has 3 nitrogen and oxygen atoms in total. The number of aliphatic hydroxyl groups is 1. The van der Waals surface area contributed by atoms with Gasteiger partial charge in [-0.2, -0.15) is 0 Å². The number of aromatic nitrogens is 1. The van der Waals surface area contributed by atoms with Gasteiger partial charge in [0.15, 0.2) is 0 Å². The fourth-order valence-electron chi connectivity index (χ4n) is 1.02. The van der Waals surface area contributed by atoms with Gasteiger partial charge in [-0.1, -0.05) is 13.0 Å². The third-order valence-electron chi connectivity index (χ3n) is 1.85. The highest BCUT2D eigenvalue weighted by molar-refractivity contribution is 5.38. The summed E-state index contributed by atoms with van der Waals surface area (Å²) in [5, 5.41) is 9.35. The zero-order chi connectivity index (χ0) is 8.97. The van der Waals surface area contributed by atoms with Crippen molar-refractivity contribution in [1.82, 2.24) is 4.98 Å². The van der Waals surface area contributed by atoms with Crippen molar-refractivity contribution in [1.29, 1.82) is 0 Å². The number of hydrogen-bond acceptors (Lipinski definition) is 3. The van der Waals surface area contributed by atoms with E-state index in [1.165, 1.54) is 0 Å². The third-order valence-corrected chi connectivity index (χ3v) is 1.85. The molecule has 1 aromatic heterocycles. The van der Waals surface area contributed by atoms with Crippen LogP contribution in [0.3, 0.4) is 0 Å². The molecule has 0 radical (unpaired) electrons. The van der Waals surface area contributed by atoms with Crippen molar-refractivity contribution in [3.05, 3.63) is 23.9 Å². The Hall–Kier alpha value is -1.09. The Balaban J connectivity index is 2.69. The molecule has 1 rings (SSSR count). The van der Waals surface area contributed by atoms with Crippen molar-refractivity contribution in [2.75, 3.05) is 5.73 Å². The normalized spacial score (nSPS) is 12.8. The molecule has 1 unspecified atom stereocenters. The Morgan fingerprint density at radius 1 is 1.67 bits per heavy atom. The van der Waals surface area contributed by atoms with Crippen molar-refractivity contribution in [3.63, 3.8) is 0 Å². The SMILES string of the molecule is CCC(O)Cc1cccnc1N. The highest BCUT2D eigenvalue weighted by Gasteiger charge is 2.05. The van der Waals surface area contributed by atoms with Crippen molar-refractivity contribution in [2.45, 2.75) is 25.9 Å². The lowest BCUT2D eigenvalue weighted by Gasteiger charge is -2.08. The molecule has 0 aliphatic heterocycles. The first kappa shape index (κ1) is 9.00. The summed E-state index contributed by atoms with van der Waals surface area (Å²) < 4.78 is 0. The minimum Gasteiger partial charge on any atom is -0.393 e. The average molecular weight is 166 g/mol. The van der Waals surface area contributed by atoms with Gasteiger partial charge in [0.1, 0.15) is 5.82 Å². The summed E-state index contributed by atoms with van der Waals surface area (Å²) in [5.41, 5.74) is 6.52. The van der Waals surface area contributed by atoms with Gasteiger partial charge in [-0.25, -0.2) is 4.98 Å². The number of aliphatic hydroxyl groups excluding tert-OH is 1.